The van der Waals surface area contributed by atoms with E-state index in [-0.39, 0.29) is 0 Å². The number of hydrogen-bond acceptors (Lipinski definition) is 3. The van der Waals surface area contributed by atoms with E-state index in [1.807, 2.05) is 18.2 Å². The Morgan fingerprint density at radius 3 is 2.74 bits per heavy atom. The number of benzene rings is 2. The van der Waals surface area contributed by atoms with Crippen LogP contribution in [0.2, 0.25) is 0 Å². The van der Waals surface area contributed by atoms with Gasteiger partial charge in [0.15, 0.2) is 0 Å². The van der Waals surface area contributed by atoms with Gasteiger partial charge >= 0.3 is 0 Å². The number of aromatic nitrogens is 2. The fourth-order valence-electron chi connectivity index (χ4n) is 2.75. The van der Waals surface area contributed by atoms with E-state index in [4.69, 9.17) is 0 Å². The number of aliphatic hydroxyl groups is 1. The van der Waals surface area contributed by atoms with E-state index >= 15 is 0 Å². The fourth-order valence-corrected chi connectivity index (χ4v) is 2.75. The average molecular weight is 309 g/mol. The topological polar surface area (TPSA) is 50.1 Å². The standard InChI is InChI=1S/C19H23N3O/c1-13-8-9-14(2)16(10-13)12-22-18-7-5-4-6-17(18)21-19(22)20-11-15(3)23/h4-10,15,23H,11-12H2,1-3H3,(H,20,21). The third-order valence-electron chi connectivity index (χ3n) is 4.04. The van der Waals surface area contributed by atoms with E-state index in [2.05, 4.69) is 53.0 Å². The van der Waals surface area contributed by atoms with Crippen molar-refractivity contribution in [3.8, 4) is 0 Å². The summed E-state index contributed by atoms with van der Waals surface area (Å²) in [6.45, 7) is 7.26. The van der Waals surface area contributed by atoms with Gasteiger partial charge in [0.05, 0.1) is 23.7 Å². The summed E-state index contributed by atoms with van der Waals surface area (Å²) in [7, 11) is 0. The molecule has 0 saturated carbocycles. The van der Waals surface area contributed by atoms with Crippen molar-refractivity contribution in [2.45, 2.75) is 33.4 Å². The molecule has 0 spiro atoms. The van der Waals surface area contributed by atoms with Crippen molar-refractivity contribution in [3.63, 3.8) is 0 Å². The Balaban J connectivity index is 2.03. The van der Waals surface area contributed by atoms with Crippen molar-refractivity contribution in [1.29, 1.82) is 0 Å². The third kappa shape index (κ3) is 3.37. The van der Waals surface area contributed by atoms with Crippen molar-refractivity contribution in [3.05, 3.63) is 59.2 Å². The van der Waals surface area contributed by atoms with Gasteiger partial charge < -0.3 is 15.0 Å². The van der Waals surface area contributed by atoms with Gasteiger partial charge in [-0.25, -0.2) is 4.98 Å². The van der Waals surface area contributed by atoms with Gasteiger partial charge in [0, 0.05) is 6.54 Å². The Morgan fingerprint density at radius 2 is 1.96 bits per heavy atom. The lowest BCUT2D eigenvalue weighted by molar-refractivity contribution is 0.208. The quantitative estimate of drug-likeness (QED) is 0.758. The molecule has 0 radical (unpaired) electrons. The Labute approximate surface area is 136 Å². The number of rotatable bonds is 5. The Bertz CT molecular complexity index is 821. The molecule has 1 heterocycles. The number of para-hydroxylation sites is 2. The molecule has 120 valence electrons. The van der Waals surface area contributed by atoms with Gasteiger partial charge in [-0.05, 0) is 44.0 Å². The minimum absolute atomic E-state index is 0.413. The number of anilines is 1. The molecule has 3 rings (SSSR count). The zero-order valence-electron chi connectivity index (χ0n) is 13.9. The molecular formula is C19H23N3O. The largest absolute Gasteiger partial charge is 0.392 e. The SMILES string of the molecule is Cc1ccc(C)c(Cn2c(NCC(C)O)nc3ccccc32)c1. The van der Waals surface area contributed by atoms with Crippen LogP contribution in [0, 0.1) is 13.8 Å². The van der Waals surface area contributed by atoms with Gasteiger partial charge in [-0.2, -0.15) is 0 Å². The molecule has 0 aliphatic heterocycles. The van der Waals surface area contributed by atoms with E-state index in [0.717, 1.165) is 23.5 Å². The lowest BCUT2D eigenvalue weighted by atomic mass is 10.1. The van der Waals surface area contributed by atoms with Gasteiger partial charge in [-0.1, -0.05) is 35.9 Å². The molecule has 0 amide bonds. The summed E-state index contributed by atoms with van der Waals surface area (Å²) in [4.78, 5) is 4.67. The highest BCUT2D eigenvalue weighted by Crippen LogP contribution is 2.22. The summed E-state index contributed by atoms with van der Waals surface area (Å²) in [5.74, 6) is 0.799. The number of aryl methyl sites for hydroxylation is 2. The number of nitrogens with zero attached hydrogens (tertiary/aromatic N) is 2. The number of fused-ring (bicyclic) bond motifs is 1. The van der Waals surface area contributed by atoms with E-state index in [9.17, 15) is 5.11 Å². The minimum Gasteiger partial charge on any atom is -0.392 e. The third-order valence-corrected chi connectivity index (χ3v) is 4.04. The van der Waals surface area contributed by atoms with Gasteiger partial charge in [-0.3, -0.25) is 0 Å². The Morgan fingerprint density at radius 1 is 1.17 bits per heavy atom. The highest BCUT2D eigenvalue weighted by atomic mass is 16.3. The molecule has 23 heavy (non-hydrogen) atoms. The van der Waals surface area contributed by atoms with Crippen molar-refractivity contribution < 1.29 is 5.11 Å². The molecule has 4 heteroatoms. The molecule has 0 aliphatic carbocycles. The molecule has 0 aliphatic rings. The molecular weight excluding hydrogens is 286 g/mol. The summed E-state index contributed by atoms with van der Waals surface area (Å²) in [6.07, 6.45) is -0.413. The van der Waals surface area contributed by atoms with Gasteiger partial charge in [0.25, 0.3) is 0 Å². The number of hydrogen-bond donors (Lipinski definition) is 2. The first-order valence-corrected chi connectivity index (χ1v) is 7.98. The summed E-state index contributed by atoms with van der Waals surface area (Å²) < 4.78 is 2.18. The zero-order chi connectivity index (χ0) is 16.4. The van der Waals surface area contributed by atoms with Gasteiger partial charge in [-0.15, -0.1) is 0 Å². The molecule has 1 unspecified atom stereocenters. The predicted molar refractivity (Wildman–Crippen MR) is 94.9 cm³/mol. The second-order valence-corrected chi connectivity index (χ2v) is 6.17. The van der Waals surface area contributed by atoms with Crippen LogP contribution in [0.5, 0.6) is 0 Å². The molecule has 2 N–H and O–H groups in total. The fraction of sp³-hybridized carbons (Fsp3) is 0.316. The minimum atomic E-state index is -0.413. The first-order valence-electron chi connectivity index (χ1n) is 7.98. The van der Waals surface area contributed by atoms with E-state index in [0.29, 0.717) is 6.54 Å². The summed E-state index contributed by atoms with van der Waals surface area (Å²) in [5.41, 5.74) is 5.88. The normalized spacial score (nSPS) is 12.5. The number of aliphatic hydroxyl groups excluding tert-OH is 1. The maximum absolute atomic E-state index is 9.55. The van der Waals surface area contributed by atoms with Crippen molar-refractivity contribution in [1.82, 2.24) is 9.55 Å². The highest BCUT2D eigenvalue weighted by molar-refractivity contribution is 5.78. The van der Waals surface area contributed by atoms with Crippen LogP contribution in [0.1, 0.15) is 23.6 Å². The van der Waals surface area contributed by atoms with Crippen LogP contribution >= 0.6 is 0 Å². The maximum atomic E-state index is 9.55. The van der Waals surface area contributed by atoms with Crippen LogP contribution in [0.4, 0.5) is 5.95 Å². The second kappa shape index (κ2) is 6.42. The molecule has 0 bridgehead atoms. The van der Waals surface area contributed by atoms with E-state index in [1.165, 1.54) is 16.7 Å². The van der Waals surface area contributed by atoms with Gasteiger partial charge in [0.2, 0.25) is 5.95 Å². The average Bonchev–Trinajstić information content (AvgIpc) is 2.87. The van der Waals surface area contributed by atoms with Crippen molar-refractivity contribution in [2.24, 2.45) is 0 Å². The van der Waals surface area contributed by atoms with Crippen LogP contribution in [-0.4, -0.2) is 27.3 Å². The van der Waals surface area contributed by atoms with Crippen LogP contribution in [0.25, 0.3) is 11.0 Å². The van der Waals surface area contributed by atoms with Crippen LogP contribution in [-0.2, 0) is 6.54 Å². The van der Waals surface area contributed by atoms with Crippen LogP contribution in [0.15, 0.2) is 42.5 Å². The lowest BCUT2D eigenvalue weighted by Gasteiger charge is -2.14. The zero-order valence-corrected chi connectivity index (χ0v) is 13.9. The molecule has 3 aromatic rings. The monoisotopic (exact) mass is 309 g/mol. The Hall–Kier alpha value is -2.33. The molecule has 4 nitrogen and oxygen atoms in total. The first-order chi connectivity index (χ1) is 11.0. The summed E-state index contributed by atoms with van der Waals surface area (Å²) in [5, 5.41) is 12.8. The molecule has 2 aromatic carbocycles. The van der Waals surface area contributed by atoms with E-state index < -0.39 is 6.10 Å². The molecule has 0 fully saturated rings. The Kier molecular flexibility index (Phi) is 4.35. The molecule has 1 atom stereocenters. The van der Waals surface area contributed by atoms with Crippen LogP contribution < -0.4 is 5.32 Å². The smallest absolute Gasteiger partial charge is 0.204 e. The van der Waals surface area contributed by atoms with Crippen molar-refractivity contribution in [2.75, 3.05) is 11.9 Å². The van der Waals surface area contributed by atoms with E-state index in [1.54, 1.807) is 6.92 Å². The number of imidazole rings is 1. The van der Waals surface area contributed by atoms with Crippen molar-refractivity contribution >= 4 is 17.0 Å². The number of nitrogens with one attached hydrogen (secondary N) is 1. The van der Waals surface area contributed by atoms with Crippen LogP contribution in [0.3, 0.4) is 0 Å². The molecule has 0 saturated heterocycles. The summed E-state index contributed by atoms with van der Waals surface area (Å²) >= 11 is 0. The lowest BCUT2D eigenvalue weighted by Crippen LogP contribution is -2.18. The highest BCUT2D eigenvalue weighted by Gasteiger charge is 2.12. The molecule has 1 aromatic heterocycles. The first kappa shape index (κ1) is 15.6. The maximum Gasteiger partial charge on any atom is 0.204 e. The van der Waals surface area contributed by atoms with Gasteiger partial charge in [0.1, 0.15) is 0 Å². The predicted octanol–water partition coefficient (Wildman–Crippen LogP) is 3.49. The second-order valence-electron chi connectivity index (χ2n) is 6.17. The summed E-state index contributed by atoms with van der Waals surface area (Å²) in [6, 6.07) is 14.6.